The number of carbonyl (C=O) groups is 2. The Morgan fingerprint density at radius 3 is 1.78 bits per heavy atom. The van der Waals surface area contributed by atoms with Gasteiger partial charge in [0.25, 0.3) is 0 Å². The Balaban J connectivity index is 4.12. The molecular formula is C35H67O10P. The summed E-state index contributed by atoms with van der Waals surface area (Å²) in [6.07, 6.45) is 21.2. The highest BCUT2D eigenvalue weighted by Crippen LogP contribution is 2.36. The van der Waals surface area contributed by atoms with Gasteiger partial charge in [0.05, 0.1) is 18.8 Å². The topological polar surface area (TPSA) is 160 Å². The van der Waals surface area contributed by atoms with Gasteiger partial charge in [-0.1, -0.05) is 123 Å². The van der Waals surface area contributed by atoms with Gasteiger partial charge in [0.1, 0.15) is 6.61 Å². The maximum atomic E-state index is 12.3. The quantitative estimate of drug-likeness (QED) is 0.0237. The lowest BCUT2D eigenvalue weighted by Crippen LogP contribution is -2.29. The van der Waals surface area contributed by atoms with Crippen molar-refractivity contribution in [3.05, 3.63) is 12.2 Å². The Morgan fingerprint density at radius 1 is 0.674 bits per heavy atom. The van der Waals surface area contributed by atoms with Crippen LogP contribution in [0.1, 0.15) is 162 Å². The van der Waals surface area contributed by atoms with E-state index in [0.29, 0.717) is 25.7 Å². The number of hydrogen-bond acceptors (Lipinski definition) is 8. The van der Waals surface area contributed by atoms with Gasteiger partial charge in [0.2, 0.25) is 0 Å². The van der Waals surface area contributed by atoms with Crippen LogP contribution >= 0.6 is 7.82 Å². The van der Waals surface area contributed by atoms with Gasteiger partial charge < -0.3 is 29.5 Å². The molecule has 0 unspecified atom stereocenters. The van der Waals surface area contributed by atoms with E-state index in [-0.39, 0.29) is 19.4 Å². The Hall–Kier alpha value is -1.29. The Labute approximate surface area is 279 Å². The molecule has 0 aromatic heterocycles. The monoisotopic (exact) mass is 678 g/mol. The van der Waals surface area contributed by atoms with Crippen molar-refractivity contribution < 1.29 is 48.2 Å². The summed E-state index contributed by atoms with van der Waals surface area (Å²) in [5.74, 6) is -0.234. The minimum absolute atomic E-state index is 0.115. The first kappa shape index (κ1) is 44.7. The lowest BCUT2D eigenvalue weighted by molar-refractivity contribution is -0.161. The van der Waals surface area contributed by atoms with Crippen molar-refractivity contribution in [2.45, 2.75) is 180 Å². The van der Waals surface area contributed by atoms with E-state index >= 15 is 0 Å². The molecule has 0 saturated heterocycles. The van der Waals surface area contributed by atoms with Crippen LogP contribution in [0.15, 0.2) is 12.2 Å². The number of ether oxygens (including phenoxy) is 2. The van der Waals surface area contributed by atoms with Crippen molar-refractivity contribution in [2.75, 3.05) is 13.2 Å². The van der Waals surface area contributed by atoms with Gasteiger partial charge in [-0.25, -0.2) is 4.57 Å². The highest BCUT2D eigenvalue weighted by molar-refractivity contribution is 7.46. The van der Waals surface area contributed by atoms with Crippen molar-refractivity contribution in [1.82, 2.24) is 0 Å². The lowest BCUT2D eigenvalue weighted by Gasteiger charge is -2.18. The molecule has 0 bridgehead atoms. The van der Waals surface area contributed by atoms with Crippen molar-refractivity contribution >= 4 is 19.8 Å². The molecular weight excluding hydrogens is 611 g/mol. The summed E-state index contributed by atoms with van der Waals surface area (Å²) < 4.78 is 26.2. The van der Waals surface area contributed by atoms with Gasteiger partial charge in [-0.05, 0) is 44.4 Å². The summed E-state index contributed by atoms with van der Waals surface area (Å²) in [6, 6.07) is 0. The second kappa shape index (κ2) is 29.8. The number of hydrogen-bond donors (Lipinski definition) is 4. The van der Waals surface area contributed by atoms with Crippen molar-refractivity contribution in [3.63, 3.8) is 0 Å². The number of aliphatic hydroxyl groups is 2. The molecule has 0 radical (unpaired) electrons. The second-order valence-corrected chi connectivity index (χ2v) is 14.2. The second-order valence-electron chi connectivity index (χ2n) is 13.0. The molecule has 0 spiro atoms. The zero-order valence-electron chi connectivity index (χ0n) is 29.1. The first-order chi connectivity index (χ1) is 21.9. The molecule has 0 aliphatic carbocycles. The van der Waals surface area contributed by atoms with Gasteiger partial charge in [-0.15, -0.1) is 0 Å². The smallest absolute Gasteiger partial charge is 0.462 e. The zero-order chi connectivity index (χ0) is 34.5. The third-order valence-electron chi connectivity index (χ3n) is 7.91. The number of esters is 2. The van der Waals surface area contributed by atoms with Crippen LogP contribution in [-0.4, -0.2) is 63.5 Å². The molecule has 272 valence electrons. The molecule has 10 nitrogen and oxygen atoms in total. The SMILES string of the molecule is CCCCC/C=C\C[C@H](O)[C@@H](O)CCCCCCCC(=O)O[C@H](COC(=O)CCCCCCCCCCC(C)C)COP(=O)(O)O. The summed E-state index contributed by atoms with van der Waals surface area (Å²) in [6.45, 7) is 5.75. The Kier molecular flexibility index (Phi) is 29.0. The minimum atomic E-state index is -4.78. The van der Waals surface area contributed by atoms with Crippen LogP contribution in [0.5, 0.6) is 0 Å². The van der Waals surface area contributed by atoms with Crippen molar-refractivity contribution in [2.24, 2.45) is 5.92 Å². The number of phosphoric ester groups is 1. The van der Waals surface area contributed by atoms with Crippen LogP contribution in [0.2, 0.25) is 0 Å². The molecule has 0 saturated carbocycles. The molecule has 0 amide bonds. The first-order valence-electron chi connectivity index (χ1n) is 18.0. The van der Waals surface area contributed by atoms with Crippen LogP contribution in [0.25, 0.3) is 0 Å². The number of aliphatic hydroxyl groups excluding tert-OH is 2. The fraction of sp³-hybridized carbons (Fsp3) is 0.886. The van der Waals surface area contributed by atoms with Gasteiger partial charge in [-0.3, -0.25) is 14.1 Å². The van der Waals surface area contributed by atoms with Crippen LogP contribution in [0, 0.1) is 5.92 Å². The molecule has 0 fully saturated rings. The molecule has 0 aromatic rings. The maximum Gasteiger partial charge on any atom is 0.469 e. The van der Waals surface area contributed by atoms with Gasteiger partial charge in [0.15, 0.2) is 6.10 Å². The average Bonchev–Trinajstić information content (AvgIpc) is 2.99. The maximum absolute atomic E-state index is 12.3. The minimum Gasteiger partial charge on any atom is -0.462 e. The highest BCUT2D eigenvalue weighted by Gasteiger charge is 2.23. The normalized spacial score (nSPS) is 14.1. The van der Waals surface area contributed by atoms with E-state index in [1.54, 1.807) is 0 Å². The van der Waals surface area contributed by atoms with Crippen LogP contribution in [0.4, 0.5) is 0 Å². The molecule has 4 N–H and O–H groups in total. The number of carbonyl (C=O) groups excluding carboxylic acids is 2. The van der Waals surface area contributed by atoms with Gasteiger partial charge in [0, 0.05) is 12.8 Å². The summed E-state index contributed by atoms with van der Waals surface area (Å²) >= 11 is 0. The predicted octanol–water partition coefficient (Wildman–Crippen LogP) is 8.09. The molecule has 0 heterocycles. The number of unbranched alkanes of at least 4 members (excludes halogenated alkanes) is 14. The van der Waals surface area contributed by atoms with E-state index in [9.17, 15) is 24.4 Å². The lowest BCUT2D eigenvalue weighted by atomic mass is 10.0. The summed E-state index contributed by atoms with van der Waals surface area (Å²) in [5.41, 5.74) is 0. The average molecular weight is 679 g/mol. The predicted molar refractivity (Wildman–Crippen MR) is 182 cm³/mol. The zero-order valence-corrected chi connectivity index (χ0v) is 30.0. The molecule has 11 heteroatoms. The number of rotatable bonds is 32. The summed E-state index contributed by atoms with van der Waals surface area (Å²) in [5, 5.41) is 20.3. The van der Waals surface area contributed by atoms with E-state index < -0.39 is 44.7 Å². The molecule has 0 aromatic carbocycles. The molecule has 0 aliphatic heterocycles. The molecule has 46 heavy (non-hydrogen) atoms. The largest absolute Gasteiger partial charge is 0.469 e. The standard InChI is InChI=1S/C35H67O10P/c1-4-5-6-7-14-19-24-32(36)33(37)25-20-15-12-17-22-27-35(39)45-31(29-44-46(40,41)42)28-43-34(38)26-21-16-11-9-8-10-13-18-23-30(2)3/h14,19,30-33,36-37H,4-13,15-18,20-29H2,1-3H3,(H2,40,41,42)/b19-14-/t31-,32+,33+/m1/s1. The number of phosphoric acid groups is 1. The van der Waals surface area contributed by atoms with E-state index in [1.807, 2.05) is 6.08 Å². The molecule has 3 atom stereocenters. The van der Waals surface area contributed by atoms with Gasteiger partial charge >= 0.3 is 19.8 Å². The van der Waals surface area contributed by atoms with Crippen molar-refractivity contribution in [1.29, 1.82) is 0 Å². The van der Waals surface area contributed by atoms with E-state index in [4.69, 9.17) is 19.3 Å². The Bertz CT molecular complexity index is 813. The van der Waals surface area contributed by atoms with E-state index in [2.05, 4.69) is 31.4 Å². The molecule has 0 rings (SSSR count). The summed E-state index contributed by atoms with van der Waals surface area (Å²) in [7, 11) is -4.78. The van der Waals surface area contributed by atoms with E-state index in [1.165, 1.54) is 44.9 Å². The van der Waals surface area contributed by atoms with Crippen LogP contribution < -0.4 is 0 Å². The third-order valence-corrected chi connectivity index (χ3v) is 8.40. The molecule has 0 aliphatic rings. The number of allylic oxidation sites excluding steroid dienone is 1. The van der Waals surface area contributed by atoms with E-state index in [0.717, 1.165) is 63.7 Å². The fourth-order valence-corrected chi connectivity index (χ4v) is 5.41. The first-order valence-corrected chi connectivity index (χ1v) is 19.5. The van der Waals surface area contributed by atoms with Crippen molar-refractivity contribution in [3.8, 4) is 0 Å². The van der Waals surface area contributed by atoms with Crippen LogP contribution in [-0.2, 0) is 28.2 Å². The van der Waals surface area contributed by atoms with Crippen LogP contribution in [0.3, 0.4) is 0 Å². The Morgan fingerprint density at radius 2 is 1.22 bits per heavy atom. The van der Waals surface area contributed by atoms with Gasteiger partial charge in [-0.2, -0.15) is 0 Å². The highest BCUT2D eigenvalue weighted by atomic mass is 31.2. The fourth-order valence-electron chi connectivity index (χ4n) is 5.05. The third kappa shape index (κ3) is 31.3. The summed E-state index contributed by atoms with van der Waals surface area (Å²) in [4.78, 5) is 42.6.